The van der Waals surface area contributed by atoms with Crippen LogP contribution in [0.15, 0.2) is 4.52 Å². The van der Waals surface area contributed by atoms with Crippen molar-refractivity contribution >= 4 is 5.91 Å². The van der Waals surface area contributed by atoms with E-state index in [9.17, 15) is 4.79 Å². The van der Waals surface area contributed by atoms with Crippen molar-refractivity contribution in [3.63, 3.8) is 0 Å². The number of aromatic nitrogens is 1. The fourth-order valence-electron chi connectivity index (χ4n) is 1.48. The number of amides is 1. The summed E-state index contributed by atoms with van der Waals surface area (Å²) >= 11 is 0. The summed E-state index contributed by atoms with van der Waals surface area (Å²) in [4.78, 5) is 12.0. The van der Waals surface area contributed by atoms with E-state index in [1.54, 1.807) is 6.92 Å². The molecule has 0 aliphatic rings. The van der Waals surface area contributed by atoms with Crippen molar-refractivity contribution in [2.45, 2.75) is 33.6 Å². The van der Waals surface area contributed by atoms with Crippen LogP contribution in [0.25, 0.3) is 0 Å². The number of hydrogen-bond donors (Lipinski definition) is 2. The molecule has 5 nitrogen and oxygen atoms in total. The molecule has 0 spiro atoms. The summed E-state index contributed by atoms with van der Waals surface area (Å²) in [6, 6.07) is 0. The first kappa shape index (κ1) is 13.7. The third-order valence-corrected chi connectivity index (χ3v) is 2.56. The van der Waals surface area contributed by atoms with Crippen molar-refractivity contribution in [2.24, 2.45) is 5.92 Å². The van der Waals surface area contributed by atoms with Crippen LogP contribution in [-0.4, -0.2) is 29.3 Å². The molecule has 0 saturated carbocycles. The lowest BCUT2D eigenvalue weighted by atomic mass is 10.0. The second kappa shape index (κ2) is 5.82. The predicted octanol–water partition coefficient (Wildman–Crippen LogP) is 1.46. The van der Waals surface area contributed by atoms with Gasteiger partial charge in [0, 0.05) is 19.1 Å². The number of carbonyl (C=O) groups is 1. The van der Waals surface area contributed by atoms with E-state index in [1.807, 2.05) is 20.8 Å². The molecule has 1 amide bonds. The summed E-state index contributed by atoms with van der Waals surface area (Å²) in [5.74, 6) is 0.582. The Morgan fingerprint density at radius 2 is 2.12 bits per heavy atom. The first-order valence-corrected chi connectivity index (χ1v) is 5.82. The Labute approximate surface area is 101 Å². The molecule has 1 atom stereocenters. The summed E-state index contributed by atoms with van der Waals surface area (Å²) in [5.41, 5.74) is 1.12. The lowest BCUT2D eigenvalue weighted by Crippen LogP contribution is -2.30. The van der Waals surface area contributed by atoms with Crippen LogP contribution < -0.4 is 5.32 Å². The van der Waals surface area contributed by atoms with E-state index in [0.717, 1.165) is 0 Å². The van der Waals surface area contributed by atoms with Crippen LogP contribution >= 0.6 is 0 Å². The van der Waals surface area contributed by atoms with Crippen molar-refractivity contribution < 1.29 is 14.4 Å². The lowest BCUT2D eigenvalue weighted by molar-refractivity contribution is 0.0939. The molecule has 2 N–H and O–H groups in total. The molecule has 0 radical (unpaired) electrons. The molecule has 5 heteroatoms. The fourth-order valence-corrected chi connectivity index (χ4v) is 1.48. The molecule has 0 aliphatic heterocycles. The van der Waals surface area contributed by atoms with Crippen LogP contribution in [0, 0.1) is 12.8 Å². The molecule has 17 heavy (non-hydrogen) atoms. The highest BCUT2D eigenvalue weighted by Gasteiger charge is 2.22. The number of aryl methyl sites for hydroxylation is 1. The van der Waals surface area contributed by atoms with Crippen LogP contribution in [0.5, 0.6) is 0 Å². The van der Waals surface area contributed by atoms with Gasteiger partial charge in [-0.05, 0) is 12.8 Å². The van der Waals surface area contributed by atoms with Crippen LogP contribution in [0.3, 0.4) is 0 Å². The molecule has 0 fully saturated rings. The maximum Gasteiger partial charge on any atom is 0.256 e. The molecule has 0 aromatic carbocycles. The van der Waals surface area contributed by atoms with Crippen molar-refractivity contribution in [3.05, 3.63) is 17.0 Å². The summed E-state index contributed by atoms with van der Waals surface area (Å²) in [5, 5.41) is 15.5. The molecule has 1 rings (SSSR count). The van der Waals surface area contributed by atoms with Crippen molar-refractivity contribution in [2.75, 3.05) is 13.2 Å². The van der Waals surface area contributed by atoms with Gasteiger partial charge in [0.1, 0.15) is 5.56 Å². The largest absolute Gasteiger partial charge is 0.396 e. The second-order valence-electron chi connectivity index (χ2n) is 4.66. The highest BCUT2D eigenvalue weighted by Crippen LogP contribution is 2.21. The molecule has 0 bridgehead atoms. The normalized spacial score (nSPS) is 12.8. The number of carbonyl (C=O) groups excluding carboxylic acids is 1. The average molecular weight is 240 g/mol. The molecule has 1 heterocycles. The average Bonchev–Trinajstić information content (AvgIpc) is 2.67. The quantitative estimate of drug-likeness (QED) is 0.817. The van der Waals surface area contributed by atoms with Gasteiger partial charge in [-0.2, -0.15) is 0 Å². The van der Waals surface area contributed by atoms with Crippen LogP contribution in [-0.2, 0) is 0 Å². The van der Waals surface area contributed by atoms with Crippen LogP contribution in [0.2, 0.25) is 0 Å². The second-order valence-corrected chi connectivity index (χ2v) is 4.66. The number of nitrogens with one attached hydrogen (secondary N) is 1. The SMILES string of the molecule is Cc1noc(C(C)C)c1C(=O)NCC(C)CO. The van der Waals surface area contributed by atoms with Gasteiger partial charge in [0.25, 0.3) is 5.91 Å². The van der Waals surface area contributed by atoms with Gasteiger partial charge in [-0.15, -0.1) is 0 Å². The predicted molar refractivity (Wildman–Crippen MR) is 63.9 cm³/mol. The monoisotopic (exact) mass is 240 g/mol. The maximum absolute atomic E-state index is 12.0. The standard InChI is InChI=1S/C12H20N2O3/c1-7(2)11-10(9(4)14-17-11)12(16)13-5-8(3)6-15/h7-8,15H,5-6H2,1-4H3,(H,13,16). The van der Waals surface area contributed by atoms with Gasteiger partial charge in [0.05, 0.1) is 5.69 Å². The van der Waals surface area contributed by atoms with E-state index in [-0.39, 0.29) is 24.3 Å². The highest BCUT2D eigenvalue weighted by molar-refractivity contribution is 5.96. The Morgan fingerprint density at radius 3 is 2.65 bits per heavy atom. The molecular formula is C12H20N2O3. The van der Waals surface area contributed by atoms with E-state index in [1.165, 1.54) is 0 Å². The van der Waals surface area contributed by atoms with E-state index >= 15 is 0 Å². The van der Waals surface area contributed by atoms with Crippen LogP contribution in [0.1, 0.15) is 48.5 Å². The molecule has 1 aromatic heterocycles. The van der Waals surface area contributed by atoms with E-state index in [2.05, 4.69) is 10.5 Å². The molecule has 96 valence electrons. The Bertz CT molecular complexity index is 385. The maximum atomic E-state index is 12.0. The molecule has 1 aromatic rings. The van der Waals surface area contributed by atoms with Gasteiger partial charge < -0.3 is 14.9 Å². The van der Waals surface area contributed by atoms with Gasteiger partial charge >= 0.3 is 0 Å². The first-order valence-electron chi connectivity index (χ1n) is 5.82. The van der Waals surface area contributed by atoms with Gasteiger partial charge in [0.2, 0.25) is 0 Å². The van der Waals surface area contributed by atoms with Crippen molar-refractivity contribution in [1.82, 2.24) is 10.5 Å². The van der Waals surface area contributed by atoms with Gasteiger partial charge in [-0.3, -0.25) is 4.79 Å². The third-order valence-electron chi connectivity index (χ3n) is 2.56. The lowest BCUT2D eigenvalue weighted by Gasteiger charge is -2.10. The summed E-state index contributed by atoms with van der Waals surface area (Å²) in [7, 11) is 0. The fraction of sp³-hybridized carbons (Fsp3) is 0.667. The van der Waals surface area contributed by atoms with E-state index in [4.69, 9.17) is 9.63 Å². The number of aliphatic hydroxyl groups is 1. The van der Waals surface area contributed by atoms with E-state index < -0.39 is 0 Å². The Morgan fingerprint density at radius 1 is 1.47 bits per heavy atom. The van der Waals surface area contributed by atoms with Crippen LogP contribution in [0.4, 0.5) is 0 Å². The number of aliphatic hydroxyl groups excluding tert-OH is 1. The Kier molecular flexibility index (Phi) is 4.69. The first-order chi connectivity index (χ1) is 7.97. The van der Waals surface area contributed by atoms with E-state index in [0.29, 0.717) is 23.6 Å². The minimum atomic E-state index is -0.187. The molecule has 0 aliphatic carbocycles. The van der Waals surface area contributed by atoms with Gasteiger partial charge in [0.15, 0.2) is 5.76 Å². The smallest absolute Gasteiger partial charge is 0.256 e. The number of nitrogens with zero attached hydrogens (tertiary/aromatic N) is 1. The zero-order valence-electron chi connectivity index (χ0n) is 10.8. The topological polar surface area (TPSA) is 75.4 Å². The van der Waals surface area contributed by atoms with Crippen molar-refractivity contribution in [3.8, 4) is 0 Å². The summed E-state index contributed by atoms with van der Waals surface area (Å²) in [6.45, 7) is 8.02. The number of rotatable bonds is 5. The zero-order valence-corrected chi connectivity index (χ0v) is 10.8. The van der Waals surface area contributed by atoms with Gasteiger partial charge in [-0.1, -0.05) is 25.9 Å². The summed E-state index contributed by atoms with van der Waals surface area (Å²) < 4.78 is 5.15. The molecule has 0 saturated heterocycles. The molecular weight excluding hydrogens is 220 g/mol. The highest BCUT2D eigenvalue weighted by atomic mass is 16.5. The minimum Gasteiger partial charge on any atom is -0.396 e. The van der Waals surface area contributed by atoms with Crippen molar-refractivity contribution in [1.29, 1.82) is 0 Å². The third kappa shape index (κ3) is 3.30. The zero-order chi connectivity index (χ0) is 13.0. The summed E-state index contributed by atoms with van der Waals surface area (Å²) in [6.07, 6.45) is 0. The minimum absolute atomic E-state index is 0.0432. The van der Waals surface area contributed by atoms with Gasteiger partial charge in [-0.25, -0.2) is 0 Å². The Balaban J connectivity index is 2.78. The Hall–Kier alpha value is -1.36. The molecule has 1 unspecified atom stereocenters. The number of hydrogen-bond acceptors (Lipinski definition) is 4.